The molecule has 0 saturated heterocycles. The maximum Gasteiger partial charge on any atom is 0.340 e. The van der Waals surface area contributed by atoms with Crippen LogP contribution in [0.2, 0.25) is 0 Å². The number of methoxy groups -OCH3 is 2. The van der Waals surface area contributed by atoms with Crippen LogP contribution in [-0.2, 0) is 19.1 Å². The maximum absolute atomic E-state index is 13.3. The Morgan fingerprint density at radius 1 is 0.872 bits per heavy atom. The summed E-state index contributed by atoms with van der Waals surface area (Å²) in [5.41, 5.74) is 9.45. The number of hydrogen-bond donors (Lipinski definition) is 4. The molecule has 0 aromatic carbocycles. The van der Waals surface area contributed by atoms with Crippen molar-refractivity contribution in [3.05, 3.63) is 81.9 Å². The van der Waals surface area contributed by atoms with Gasteiger partial charge in [-0.3, -0.25) is 9.59 Å². The highest BCUT2D eigenvalue weighted by molar-refractivity contribution is 6.07. The van der Waals surface area contributed by atoms with E-state index in [4.69, 9.17) is 19.4 Å². The van der Waals surface area contributed by atoms with E-state index in [1.165, 1.54) is 14.2 Å². The van der Waals surface area contributed by atoms with Crippen molar-refractivity contribution >= 4 is 74.4 Å². The number of nitrogens with zero attached hydrogens (tertiary/aromatic N) is 2. The molecule has 0 saturated carbocycles. The number of allylic oxidation sites excluding steroid dienone is 3. The maximum atomic E-state index is 13.3. The summed E-state index contributed by atoms with van der Waals surface area (Å²) in [6.45, 7) is 13.5. The van der Waals surface area contributed by atoms with Gasteiger partial charge in [-0.1, -0.05) is 25.3 Å². The van der Waals surface area contributed by atoms with Crippen LogP contribution in [0.3, 0.4) is 0 Å². The second-order valence-corrected chi connectivity index (χ2v) is 11.7. The second kappa shape index (κ2) is 11.7. The number of aryl methyl sites for hydroxylation is 1. The molecule has 0 amide bonds. The average molecular weight is 635 g/mol. The Labute approximate surface area is 270 Å². The predicted molar refractivity (Wildman–Crippen MR) is 180 cm³/mol. The molecular formula is C36H34N4O7. The van der Waals surface area contributed by atoms with E-state index in [9.17, 15) is 24.6 Å². The van der Waals surface area contributed by atoms with E-state index in [-0.39, 0.29) is 18.4 Å². The lowest BCUT2D eigenvalue weighted by atomic mass is 9.92. The molecule has 6 rings (SSSR count). The minimum absolute atomic E-state index is 0.142. The third-order valence-electron chi connectivity index (χ3n) is 9.22. The SMILES string of the molecule is C=Cc1c(C)c2cc3nc(c4c5nc(cc6[nH]c(cc1[nH]2)c(C(=O)OC)c6C=C)C(C)=C5C(O)[C@@H]4C(=O)OC)C(CCC(=O)O)=C3C. The average Bonchev–Trinajstić information content (AvgIpc) is 3.79. The van der Waals surface area contributed by atoms with Gasteiger partial charge >= 0.3 is 17.9 Å². The van der Waals surface area contributed by atoms with Crippen LogP contribution >= 0.6 is 0 Å². The third kappa shape index (κ3) is 4.81. The van der Waals surface area contributed by atoms with Gasteiger partial charge in [-0.2, -0.15) is 0 Å². The van der Waals surface area contributed by atoms with Gasteiger partial charge in [-0.15, -0.1) is 0 Å². The first-order valence-corrected chi connectivity index (χ1v) is 15.0. The zero-order valence-electron chi connectivity index (χ0n) is 26.7. The number of aliphatic hydroxyl groups is 1. The standard InChI is InChI=1S/C36H34N4O7/c1-8-18-15(3)21-12-22-16(4)20(10-11-27(41)42)32(39-22)30-31(36(45)47-7)34(43)28-17(5)23(40-33(28)30)13-25-19(9-2)29(35(44)46-6)26(38-25)14-24(18)37-21/h8-9,12-14,31,34,37-38,43H,1-2,10-11H2,3-7H3,(H,41,42)/t31-,34?/m1/s1. The Morgan fingerprint density at radius 2 is 1.49 bits per heavy atom. The molecule has 11 nitrogen and oxygen atoms in total. The van der Waals surface area contributed by atoms with E-state index in [0.717, 1.165) is 16.7 Å². The number of hydrogen-bond acceptors (Lipinski definition) is 8. The lowest BCUT2D eigenvalue weighted by molar-refractivity contribution is -0.144. The molecule has 0 fully saturated rings. The van der Waals surface area contributed by atoms with Crippen molar-refractivity contribution < 1.29 is 34.1 Å². The van der Waals surface area contributed by atoms with E-state index in [2.05, 4.69) is 23.1 Å². The number of ether oxygens (including phenoxy) is 2. The Morgan fingerprint density at radius 3 is 2.13 bits per heavy atom. The van der Waals surface area contributed by atoms with Crippen LogP contribution in [0.4, 0.5) is 0 Å². The molecule has 0 radical (unpaired) electrons. The van der Waals surface area contributed by atoms with Gasteiger partial charge in [0.15, 0.2) is 0 Å². The number of nitrogens with one attached hydrogen (secondary N) is 2. The molecule has 1 aliphatic carbocycles. The molecule has 4 N–H and O–H groups in total. The van der Waals surface area contributed by atoms with E-state index >= 15 is 0 Å². The molecule has 8 bridgehead atoms. The fraction of sp³-hybridized carbons (Fsp3) is 0.250. The van der Waals surface area contributed by atoms with Gasteiger partial charge in [-0.25, -0.2) is 14.8 Å². The Hall–Kier alpha value is -5.55. The van der Waals surface area contributed by atoms with E-state index in [1.54, 1.807) is 31.2 Å². The van der Waals surface area contributed by atoms with Crippen molar-refractivity contribution in [3.63, 3.8) is 0 Å². The van der Waals surface area contributed by atoms with Crippen LogP contribution < -0.4 is 0 Å². The molecule has 2 atom stereocenters. The summed E-state index contributed by atoms with van der Waals surface area (Å²) in [6, 6.07) is 5.42. The van der Waals surface area contributed by atoms with Gasteiger partial charge < -0.3 is 29.7 Å². The molecule has 5 heterocycles. The van der Waals surface area contributed by atoms with Crippen molar-refractivity contribution in [3.8, 4) is 0 Å². The monoisotopic (exact) mass is 634 g/mol. The van der Waals surface area contributed by atoms with Crippen LogP contribution in [0.1, 0.15) is 88.0 Å². The van der Waals surface area contributed by atoms with Gasteiger partial charge in [0.2, 0.25) is 0 Å². The van der Waals surface area contributed by atoms with Gasteiger partial charge in [0.25, 0.3) is 0 Å². The highest BCUT2D eigenvalue weighted by atomic mass is 16.5. The van der Waals surface area contributed by atoms with Crippen molar-refractivity contribution in [2.75, 3.05) is 14.2 Å². The number of carbonyl (C=O) groups excluding carboxylic acids is 2. The highest BCUT2D eigenvalue weighted by Gasteiger charge is 2.47. The number of aromatic amines is 2. The van der Waals surface area contributed by atoms with Gasteiger partial charge in [0.05, 0.1) is 54.2 Å². The fourth-order valence-electron chi connectivity index (χ4n) is 6.80. The lowest BCUT2D eigenvalue weighted by Gasteiger charge is -2.16. The first kappa shape index (κ1) is 31.4. The molecule has 3 aromatic heterocycles. The van der Waals surface area contributed by atoms with Crippen molar-refractivity contribution in [1.82, 2.24) is 19.9 Å². The minimum Gasteiger partial charge on any atom is -0.481 e. The third-order valence-corrected chi connectivity index (χ3v) is 9.22. The van der Waals surface area contributed by atoms with Gasteiger partial charge in [0.1, 0.15) is 5.92 Å². The van der Waals surface area contributed by atoms with Crippen molar-refractivity contribution in [1.29, 1.82) is 0 Å². The number of carbonyl (C=O) groups is 3. The van der Waals surface area contributed by atoms with E-state index in [1.807, 2.05) is 19.9 Å². The molecular weight excluding hydrogens is 600 g/mol. The number of aliphatic carboxylic acids is 1. The number of rotatable bonds is 7. The number of esters is 2. The van der Waals surface area contributed by atoms with Crippen LogP contribution in [0.5, 0.6) is 0 Å². The number of aromatic nitrogens is 4. The number of fused-ring (bicyclic) bond motifs is 8. The number of aliphatic hydroxyl groups excluding tert-OH is 1. The van der Waals surface area contributed by atoms with Gasteiger partial charge in [-0.05, 0) is 67.7 Å². The summed E-state index contributed by atoms with van der Waals surface area (Å²) in [5.74, 6) is -3.34. The second-order valence-electron chi connectivity index (χ2n) is 11.7. The van der Waals surface area contributed by atoms with E-state index < -0.39 is 29.9 Å². The predicted octanol–water partition coefficient (Wildman–Crippen LogP) is 6.05. The Kier molecular flexibility index (Phi) is 7.80. The zero-order valence-corrected chi connectivity index (χ0v) is 26.7. The topological polar surface area (TPSA) is 167 Å². The quantitative estimate of drug-likeness (QED) is 0.226. The van der Waals surface area contributed by atoms with Crippen molar-refractivity contribution in [2.45, 2.75) is 45.6 Å². The summed E-state index contributed by atoms with van der Waals surface area (Å²) in [4.78, 5) is 54.8. The molecule has 2 aliphatic heterocycles. The molecule has 0 spiro atoms. The largest absolute Gasteiger partial charge is 0.481 e. The van der Waals surface area contributed by atoms with Crippen LogP contribution in [0.25, 0.3) is 56.5 Å². The molecule has 11 heteroatoms. The minimum atomic E-state index is -1.29. The fourth-order valence-corrected chi connectivity index (χ4v) is 6.80. The summed E-state index contributed by atoms with van der Waals surface area (Å²) in [7, 11) is 2.56. The zero-order chi connectivity index (χ0) is 33.9. The molecule has 3 aromatic rings. The summed E-state index contributed by atoms with van der Waals surface area (Å²) >= 11 is 0. The molecule has 1 unspecified atom stereocenters. The number of carboxylic acids is 1. The molecule has 3 aliphatic rings. The lowest BCUT2D eigenvalue weighted by Crippen LogP contribution is -2.24. The molecule has 240 valence electrons. The number of H-pyrrole nitrogens is 2. The van der Waals surface area contributed by atoms with Crippen LogP contribution in [0, 0.1) is 6.92 Å². The summed E-state index contributed by atoms with van der Waals surface area (Å²) in [5, 5.41) is 21.3. The number of carboxylic acid groups (broad SMARTS) is 1. The normalized spacial score (nSPS) is 16.8. The summed E-state index contributed by atoms with van der Waals surface area (Å²) < 4.78 is 10.3. The van der Waals surface area contributed by atoms with Gasteiger partial charge in [0, 0.05) is 45.2 Å². The highest BCUT2D eigenvalue weighted by Crippen LogP contribution is 2.50. The first-order valence-electron chi connectivity index (χ1n) is 15.0. The Bertz CT molecular complexity index is 2180. The van der Waals surface area contributed by atoms with Crippen molar-refractivity contribution in [2.24, 2.45) is 0 Å². The Balaban J connectivity index is 1.87. The first-order chi connectivity index (χ1) is 22.4. The smallest absolute Gasteiger partial charge is 0.340 e. The van der Waals surface area contributed by atoms with Crippen LogP contribution in [-0.4, -0.2) is 68.4 Å². The molecule has 47 heavy (non-hydrogen) atoms. The van der Waals surface area contributed by atoms with Crippen LogP contribution in [0.15, 0.2) is 31.4 Å². The summed E-state index contributed by atoms with van der Waals surface area (Å²) in [6.07, 6.45) is 1.96. The van der Waals surface area contributed by atoms with E-state index in [0.29, 0.717) is 72.7 Å².